The fourth-order valence-corrected chi connectivity index (χ4v) is 3.78. The first-order valence-corrected chi connectivity index (χ1v) is 9.19. The largest absolute Gasteiger partial charge is 0.398 e. The van der Waals surface area contributed by atoms with Gasteiger partial charge in [-0.3, -0.25) is 0 Å². The second kappa shape index (κ2) is 7.48. The Balaban J connectivity index is 2.20. The molecular weight excluding hydrogens is 384 g/mol. The monoisotopic (exact) mass is 394 g/mol. The third kappa shape index (κ3) is 4.06. The first-order valence-electron chi connectivity index (χ1n) is 7.32. The van der Waals surface area contributed by atoms with Crippen molar-refractivity contribution in [3.05, 3.63) is 59.2 Å². The van der Waals surface area contributed by atoms with Crippen LogP contribution in [0.15, 0.2) is 52.9 Å². The Hall–Kier alpha value is -2.37. The smallest absolute Gasteiger partial charge is 0.239 e. The highest BCUT2D eigenvalue weighted by Gasteiger charge is 2.29. The first-order chi connectivity index (χ1) is 12.4. The van der Waals surface area contributed by atoms with Crippen LogP contribution in [0, 0.1) is 17.1 Å². The Morgan fingerprint density at radius 1 is 1.12 bits per heavy atom. The molecule has 0 fully saturated rings. The van der Waals surface area contributed by atoms with Gasteiger partial charge >= 0.3 is 6.18 Å². The zero-order valence-electron chi connectivity index (χ0n) is 13.0. The Morgan fingerprint density at radius 3 is 2.50 bits per heavy atom. The normalized spacial score (nSPS) is 11.3. The van der Waals surface area contributed by atoms with Crippen LogP contribution in [0.25, 0.3) is 21.7 Å². The summed E-state index contributed by atoms with van der Waals surface area (Å²) in [6, 6.07) is 12.8. The van der Waals surface area contributed by atoms with Gasteiger partial charge in [0.25, 0.3) is 0 Å². The number of thioether (sulfide) groups is 1. The predicted octanol–water partition coefficient (Wildman–Crippen LogP) is 6.14. The molecule has 3 aromatic rings. The minimum Gasteiger partial charge on any atom is -0.239 e. The molecule has 0 N–H and O–H groups in total. The van der Waals surface area contributed by atoms with Crippen LogP contribution in [-0.4, -0.2) is 16.9 Å². The summed E-state index contributed by atoms with van der Waals surface area (Å²) in [5.74, 6) is -1.74. The van der Waals surface area contributed by atoms with E-state index >= 15 is 0 Å². The van der Waals surface area contributed by atoms with Crippen LogP contribution < -0.4 is 0 Å². The Labute approximate surface area is 155 Å². The second-order valence-corrected chi connectivity index (χ2v) is 7.12. The molecular formula is C18H10F4N2S2. The van der Waals surface area contributed by atoms with E-state index in [2.05, 4.69) is 4.98 Å². The molecule has 1 aromatic carbocycles. The first kappa shape index (κ1) is 18.4. The molecule has 132 valence electrons. The van der Waals surface area contributed by atoms with E-state index in [9.17, 15) is 22.8 Å². The van der Waals surface area contributed by atoms with Crippen LogP contribution >= 0.6 is 23.1 Å². The van der Waals surface area contributed by atoms with Crippen LogP contribution in [0.4, 0.5) is 17.6 Å². The minimum absolute atomic E-state index is 0.0611. The SMILES string of the molecule is N#Cc1c(-c2ccccc2F)cc(-c2cccs2)nc1SCC(F)(F)F. The molecule has 8 heteroatoms. The van der Waals surface area contributed by atoms with Gasteiger partial charge in [-0.05, 0) is 23.6 Å². The Kier molecular flexibility index (Phi) is 5.30. The van der Waals surface area contributed by atoms with Crippen LogP contribution in [0.1, 0.15) is 5.56 Å². The summed E-state index contributed by atoms with van der Waals surface area (Å²) >= 11 is 1.79. The summed E-state index contributed by atoms with van der Waals surface area (Å²) in [6.45, 7) is 0. The number of aromatic nitrogens is 1. The van der Waals surface area contributed by atoms with Gasteiger partial charge < -0.3 is 0 Å². The Bertz CT molecular complexity index is 960. The number of alkyl halides is 3. The van der Waals surface area contributed by atoms with Gasteiger partial charge in [-0.15, -0.1) is 11.3 Å². The molecule has 0 saturated heterocycles. The van der Waals surface area contributed by atoms with Crippen molar-refractivity contribution in [3.63, 3.8) is 0 Å². The van der Waals surface area contributed by atoms with Crippen molar-refractivity contribution >= 4 is 23.1 Å². The van der Waals surface area contributed by atoms with Crippen molar-refractivity contribution < 1.29 is 17.6 Å². The zero-order chi connectivity index (χ0) is 18.7. The highest BCUT2D eigenvalue weighted by atomic mass is 32.2. The fourth-order valence-electron chi connectivity index (χ4n) is 2.33. The molecule has 2 heterocycles. The van der Waals surface area contributed by atoms with Gasteiger partial charge in [0, 0.05) is 11.1 Å². The van der Waals surface area contributed by atoms with Crippen LogP contribution in [0.2, 0.25) is 0 Å². The maximum Gasteiger partial charge on any atom is 0.398 e. The van der Waals surface area contributed by atoms with Crippen LogP contribution in [0.3, 0.4) is 0 Å². The van der Waals surface area contributed by atoms with Gasteiger partial charge in [0.2, 0.25) is 0 Å². The average molecular weight is 394 g/mol. The fraction of sp³-hybridized carbons (Fsp3) is 0.111. The molecule has 0 aliphatic heterocycles. The van der Waals surface area contributed by atoms with E-state index in [4.69, 9.17) is 0 Å². The maximum atomic E-state index is 14.3. The molecule has 0 aliphatic rings. The molecule has 0 radical (unpaired) electrons. The van der Waals surface area contributed by atoms with Gasteiger partial charge in [-0.2, -0.15) is 18.4 Å². The van der Waals surface area contributed by atoms with Crippen molar-refractivity contribution in [2.75, 3.05) is 5.75 Å². The van der Waals surface area contributed by atoms with Gasteiger partial charge in [0.1, 0.15) is 16.9 Å². The number of hydrogen-bond acceptors (Lipinski definition) is 4. The lowest BCUT2D eigenvalue weighted by atomic mass is 10.0. The van der Waals surface area contributed by atoms with Crippen molar-refractivity contribution in [1.29, 1.82) is 5.26 Å². The third-order valence-corrected chi connectivity index (χ3v) is 5.34. The maximum absolute atomic E-state index is 14.3. The summed E-state index contributed by atoms with van der Waals surface area (Å²) in [6.07, 6.45) is -4.41. The highest BCUT2D eigenvalue weighted by molar-refractivity contribution is 7.99. The van der Waals surface area contributed by atoms with E-state index in [0.29, 0.717) is 17.5 Å². The number of rotatable bonds is 4. The molecule has 0 saturated carbocycles. The zero-order valence-corrected chi connectivity index (χ0v) is 14.7. The highest BCUT2D eigenvalue weighted by Crippen LogP contribution is 2.37. The number of halogens is 4. The standard InChI is InChI=1S/C18H10F4N2S2/c19-14-5-2-1-4-11(14)12-8-15(16-6-3-7-25-16)24-17(13(12)9-23)26-10-18(20,21)22/h1-8H,10H2. The lowest BCUT2D eigenvalue weighted by Gasteiger charge is -2.13. The molecule has 2 nitrogen and oxygen atoms in total. The number of nitriles is 1. The average Bonchev–Trinajstić information content (AvgIpc) is 3.13. The van der Waals surface area contributed by atoms with Gasteiger partial charge in [-0.1, -0.05) is 36.0 Å². The molecule has 0 unspecified atom stereocenters. The van der Waals surface area contributed by atoms with Gasteiger partial charge in [-0.25, -0.2) is 9.37 Å². The molecule has 0 spiro atoms. The molecule has 26 heavy (non-hydrogen) atoms. The van der Waals surface area contributed by atoms with E-state index < -0.39 is 17.7 Å². The summed E-state index contributed by atoms with van der Waals surface area (Å²) < 4.78 is 52.2. The molecule has 3 rings (SSSR count). The molecule has 0 amide bonds. The summed E-state index contributed by atoms with van der Waals surface area (Å²) in [5.41, 5.74) is 0.721. The van der Waals surface area contributed by atoms with E-state index in [0.717, 1.165) is 4.88 Å². The number of benzene rings is 1. The topological polar surface area (TPSA) is 36.7 Å². The lowest BCUT2D eigenvalue weighted by Crippen LogP contribution is -2.11. The van der Waals surface area contributed by atoms with Crippen molar-refractivity contribution in [1.82, 2.24) is 4.98 Å². The number of thiophene rings is 1. The molecule has 2 aromatic heterocycles. The summed E-state index contributed by atoms with van der Waals surface area (Å²) in [7, 11) is 0. The molecule has 0 aliphatic carbocycles. The van der Waals surface area contributed by atoms with Crippen molar-refractivity contribution in [3.8, 4) is 27.8 Å². The van der Waals surface area contributed by atoms with Gasteiger partial charge in [0.15, 0.2) is 0 Å². The van der Waals surface area contributed by atoms with Crippen molar-refractivity contribution in [2.45, 2.75) is 11.2 Å². The Morgan fingerprint density at radius 2 is 1.88 bits per heavy atom. The summed E-state index contributed by atoms with van der Waals surface area (Å²) in [4.78, 5) is 4.96. The molecule has 0 atom stereocenters. The van der Waals surface area contributed by atoms with E-state index in [1.54, 1.807) is 29.6 Å². The number of nitrogens with zero attached hydrogens (tertiary/aromatic N) is 2. The lowest BCUT2D eigenvalue weighted by molar-refractivity contribution is -0.105. The van der Waals surface area contributed by atoms with E-state index in [-0.39, 0.29) is 21.7 Å². The number of pyridine rings is 1. The van der Waals surface area contributed by atoms with E-state index in [1.807, 2.05) is 6.07 Å². The van der Waals surface area contributed by atoms with E-state index in [1.165, 1.54) is 29.5 Å². The predicted molar refractivity (Wildman–Crippen MR) is 94.4 cm³/mol. The third-order valence-electron chi connectivity index (χ3n) is 3.41. The second-order valence-electron chi connectivity index (χ2n) is 5.21. The van der Waals surface area contributed by atoms with Crippen LogP contribution in [0.5, 0.6) is 0 Å². The van der Waals surface area contributed by atoms with Crippen molar-refractivity contribution in [2.24, 2.45) is 0 Å². The quantitative estimate of drug-likeness (QED) is 0.394. The summed E-state index contributed by atoms with van der Waals surface area (Å²) in [5, 5.41) is 11.2. The van der Waals surface area contributed by atoms with Crippen LogP contribution in [-0.2, 0) is 0 Å². The molecule has 0 bridgehead atoms. The van der Waals surface area contributed by atoms with Gasteiger partial charge in [0.05, 0.1) is 21.9 Å². The minimum atomic E-state index is -4.41. The number of hydrogen-bond donors (Lipinski definition) is 0.